The van der Waals surface area contributed by atoms with E-state index in [2.05, 4.69) is 27.8 Å². The van der Waals surface area contributed by atoms with E-state index in [1.807, 2.05) is 18.2 Å². The van der Waals surface area contributed by atoms with Gasteiger partial charge in [0, 0.05) is 12.8 Å². The zero-order valence-corrected chi connectivity index (χ0v) is 11.2. The van der Waals surface area contributed by atoms with Gasteiger partial charge in [-0.2, -0.15) is 0 Å². The smallest absolute Gasteiger partial charge is 0.409 e. The summed E-state index contributed by atoms with van der Waals surface area (Å²) >= 11 is 4.84. The zero-order chi connectivity index (χ0) is 12.0. The topological polar surface area (TPSA) is 38.3 Å². The molecule has 16 heavy (non-hydrogen) atoms. The minimum Gasteiger partial charge on any atom is -0.409 e. The molecule has 0 aromatic heterocycles. The van der Waals surface area contributed by atoms with Crippen LogP contribution in [0.2, 0.25) is 0 Å². The second-order valence-electron chi connectivity index (χ2n) is 2.89. The Balaban J connectivity index is 2.74. The van der Waals surface area contributed by atoms with Gasteiger partial charge in [0.05, 0.1) is 4.90 Å². The van der Waals surface area contributed by atoms with Crippen LogP contribution in [0.1, 0.15) is 0 Å². The van der Waals surface area contributed by atoms with Gasteiger partial charge in [-0.3, -0.25) is 0 Å². The number of thioether (sulfide) groups is 1. The fourth-order valence-corrected chi connectivity index (χ4v) is 2.04. The fraction of sp³-hybridized carbons (Fsp3) is 0.182. The monoisotopic (exact) mass is 301 g/mol. The van der Waals surface area contributed by atoms with Crippen LogP contribution >= 0.6 is 27.7 Å². The number of carbonyl (C=O) groups is 1. The number of carbonyl (C=O) groups excluding carboxylic acids is 1. The highest BCUT2D eigenvalue weighted by atomic mass is 79.9. The number of ether oxygens (including phenoxy) is 1. The van der Waals surface area contributed by atoms with E-state index in [1.165, 1.54) is 7.05 Å². The number of para-hydroxylation sites is 1. The van der Waals surface area contributed by atoms with Crippen LogP contribution in [0, 0.1) is 0 Å². The second-order valence-corrected chi connectivity index (χ2v) is 5.03. The maximum absolute atomic E-state index is 11.1. The molecule has 0 atom stereocenters. The lowest BCUT2D eigenvalue weighted by Gasteiger charge is -2.08. The molecule has 5 heteroatoms. The van der Waals surface area contributed by atoms with Gasteiger partial charge in [-0.15, -0.1) is 11.8 Å². The first kappa shape index (κ1) is 13.1. The summed E-state index contributed by atoms with van der Waals surface area (Å²) in [5.41, 5.74) is 0. The van der Waals surface area contributed by atoms with Gasteiger partial charge in [0.25, 0.3) is 0 Å². The van der Waals surface area contributed by atoms with Crippen molar-refractivity contribution in [2.45, 2.75) is 4.90 Å². The Morgan fingerprint density at radius 3 is 2.88 bits per heavy atom. The predicted octanol–water partition coefficient (Wildman–Crippen LogP) is 3.41. The molecule has 0 unspecified atom stereocenters. The number of halogens is 1. The van der Waals surface area contributed by atoms with Gasteiger partial charge in [-0.05, 0) is 16.6 Å². The van der Waals surface area contributed by atoms with Gasteiger partial charge in [-0.25, -0.2) is 4.79 Å². The maximum atomic E-state index is 11.1. The summed E-state index contributed by atoms with van der Waals surface area (Å²) in [6.07, 6.45) is -0.467. The third-order valence-electron chi connectivity index (χ3n) is 1.64. The van der Waals surface area contributed by atoms with Gasteiger partial charge in [-0.1, -0.05) is 34.6 Å². The number of nitrogens with one attached hydrogen (secondary N) is 1. The summed E-state index contributed by atoms with van der Waals surface area (Å²) < 4.78 is 6.01. The summed E-state index contributed by atoms with van der Waals surface area (Å²) in [6, 6.07) is 7.38. The minimum atomic E-state index is -0.467. The first-order valence-corrected chi connectivity index (χ1v) is 6.36. The van der Waals surface area contributed by atoms with Crippen molar-refractivity contribution >= 4 is 33.8 Å². The average molecular weight is 302 g/mol. The fourth-order valence-electron chi connectivity index (χ4n) is 0.961. The third kappa shape index (κ3) is 4.28. The number of rotatable bonds is 4. The highest BCUT2D eigenvalue weighted by Gasteiger charge is 2.07. The van der Waals surface area contributed by atoms with Gasteiger partial charge in [0.15, 0.2) is 0 Å². The van der Waals surface area contributed by atoms with Crippen molar-refractivity contribution in [3.63, 3.8) is 0 Å². The van der Waals surface area contributed by atoms with E-state index in [-0.39, 0.29) is 0 Å². The average Bonchev–Trinajstić information content (AvgIpc) is 2.27. The molecule has 0 aliphatic rings. The summed E-state index contributed by atoms with van der Waals surface area (Å²) in [5.74, 6) is 1.29. The van der Waals surface area contributed by atoms with E-state index in [1.54, 1.807) is 17.8 Å². The van der Waals surface area contributed by atoms with E-state index >= 15 is 0 Å². The van der Waals surface area contributed by atoms with Crippen LogP contribution in [0.15, 0.2) is 40.2 Å². The van der Waals surface area contributed by atoms with Gasteiger partial charge in [0.2, 0.25) is 0 Å². The molecule has 86 valence electrons. The molecule has 1 rings (SSSR count). The van der Waals surface area contributed by atoms with Gasteiger partial charge < -0.3 is 10.1 Å². The van der Waals surface area contributed by atoms with E-state index in [9.17, 15) is 4.79 Å². The number of hydrogen-bond donors (Lipinski definition) is 1. The lowest BCUT2D eigenvalue weighted by Crippen LogP contribution is -2.22. The van der Waals surface area contributed by atoms with Crippen LogP contribution in [0.5, 0.6) is 5.75 Å². The number of hydrogen-bond acceptors (Lipinski definition) is 3. The standard InChI is InChI=1S/C11H12BrNO2S/c1-8(12)7-16-10-6-4-3-5-9(10)15-11(14)13-2/h3-6H,1,7H2,2H3,(H,13,14). The Labute approximate surface area is 107 Å². The quantitative estimate of drug-likeness (QED) is 0.866. The number of amides is 1. The lowest BCUT2D eigenvalue weighted by atomic mass is 10.3. The van der Waals surface area contributed by atoms with Crippen LogP contribution in [-0.2, 0) is 0 Å². The van der Waals surface area contributed by atoms with Crippen molar-refractivity contribution in [2.24, 2.45) is 0 Å². The lowest BCUT2D eigenvalue weighted by molar-refractivity contribution is 0.202. The highest BCUT2D eigenvalue weighted by Crippen LogP contribution is 2.30. The SMILES string of the molecule is C=C(Br)CSc1ccccc1OC(=O)NC. The Morgan fingerprint density at radius 2 is 2.25 bits per heavy atom. The van der Waals surface area contributed by atoms with Crippen LogP contribution in [-0.4, -0.2) is 18.9 Å². The Morgan fingerprint density at radius 1 is 1.56 bits per heavy atom. The van der Waals surface area contributed by atoms with Crippen LogP contribution in [0.4, 0.5) is 4.79 Å². The molecule has 0 saturated heterocycles. The van der Waals surface area contributed by atoms with Crippen LogP contribution in [0.25, 0.3) is 0 Å². The van der Waals surface area contributed by atoms with Gasteiger partial charge >= 0.3 is 6.09 Å². The van der Waals surface area contributed by atoms with E-state index in [4.69, 9.17) is 4.74 Å². The van der Waals surface area contributed by atoms with E-state index in [0.29, 0.717) is 5.75 Å². The van der Waals surface area contributed by atoms with Crippen molar-refractivity contribution in [1.29, 1.82) is 0 Å². The van der Waals surface area contributed by atoms with E-state index < -0.39 is 6.09 Å². The molecule has 0 heterocycles. The highest BCUT2D eigenvalue weighted by molar-refractivity contribution is 9.11. The van der Waals surface area contributed by atoms with Crippen molar-refractivity contribution in [3.05, 3.63) is 35.3 Å². The Kier molecular flexibility index (Phi) is 5.42. The first-order chi connectivity index (χ1) is 7.63. The molecule has 1 amide bonds. The zero-order valence-electron chi connectivity index (χ0n) is 8.83. The molecular formula is C11H12BrNO2S. The summed E-state index contributed by atoms with van der Waals surface area (Å²) in [5, 5.41) is 2.41. The molecule has 0 aliphatic carbocycles. The largest absolute Gasteiger partial charge is 0.412 e. The van der Waals surface area contributed by atoms with Crippen molar-refractivity contribution in [3.8, 4) is 5.75 Å². The third-order valence-corrected chi connectivity index (χ3v) is 3.43. The molecule has 3 nitrogen and oxygen atoms in total. The Bertz CT molecular complexity index is 395. The summed E-state index contributed by atoms with van der Waals surface area (Å²) in [4.78, 5) is 12.0. The molecule has 0 spiro atoms. The van der Waals surface area contributed by atoms with Crippen LogP contribution < -0.4 is 10.1 Å². The Hall–Kier alpha value is -0.940. The maximum Gasteiger partial charge on any atom is 0.412 e. The molecule has 0 aliphatic heterocycles. The normalized spacial score (nSPS) is 9.62. The molecule has 0 fully saturated rings. The predicted molar refractivity (Wildman–Crippen MR) is 70.3 cm³/mol. The first-order valence-electron chi connectivity index (χ1n) is 4.58. The molecule has 1 aromatic rings. The molecular weight excluding hydrogens is 290 g/mol. The summed E-state index contributed by atoms with van der Waals surface area (Å²) in [7, 11) is 1.53. The molecule has 0 radical (unpaired) electrons. The van der Waals surface area contributed by atoms with Crippen molar-refractivity contribution < 1.29 is 9.53 Å². The van der Waals surface area contributed by atoms with Gasteiger partial charge in [0.1, 0.15) is 5.75 Å². The van der Waals surface area contributed by atoms with Crippen molar-refractivity contribution in [1.82, 2.24) is 5.32 Å². The molecule has 1 aromatic carbocycles. The summed E-state index contributed by atoms with van der Waals surface area (Å²) in [6.45, 7) is 3.75. The second kappa shape index (κ2) is 6.60. The minimum absolute atomic E-state index is 0.467. The van der Waals surface area contributed by atoms with Crippen molar-refractivity contribution in [2.75, 3.05) is 12.8 Å². The van der Waals surface area contributed by atoms with Crippen LogP contribution in [0.3, 0.4) is 0 Å². The molecule has 0 saturated carbocycles. The molecule has 0 bridgehead atoms. The molecule has 1 N–H and O–H groups in total. The number of benzene rings is 1. The van der Waals surface area contributed by atoms with E-state index in [0.717, 1.165) is 15.1 Å².